The summed E-state index contributed by atoms with van der Waals surface area (Å²) in [6.45, 7) is 6.33. The predicted molar refractivity (Wildman–Crippen MR) is 67.8 cm³/mol. The summed E-state index contributed by atoms with van der Waals surface area (Å²) in [5.74, 6) is 2.76. The lowest BCUT2D eigenvalue weighted by Gasteiger charge is -2.42. The first kappa shape index (κ1) is 12.2. The third kappa shape index (κ3) is 2.51. The van der Waals surface area contributed by atoms with Gasteiger partial charge in [-0.3, -0.25) is 4.79 Å². The highest BCUT2D eigenvalue weighted by molar-refractivity contribution is 7.99. The van der Waals surface area contributed by atoms with Crippen LogP contribution in [0, 0.1) is 5.92 Å². The van der Waals surface area contributed by atoms with Crippen LogP contribution in [0.4, 0.5) is 0 Å². The number of thioether (sulfide) groups is 1. The van der Waals surface area contributed by atoms with Crippen molar-refractivity contribution in [1.29, 1.82) is 0 Å². The zero-order valence-electron chi connectivity index (χ0n) is 9.96. The minimum Gasteiger partial charge on any atom is -0.375 e. The highest BCUT2D eigenvalue weighted by atomic mass is 32.2. The number of carbonyl (C=O) groups is 1. The highest BCUT2D eigenvalue weighted by Gasteiger charge is 2.40. The maximum atomic E-state index is 12.0. The van der Waals surface area contributed by atoms with E-state index in [0.717, 1.165) is 32.3 Å². The molecule has 1 unspecified atom stereocenters. The Labute approximate surface area is 102 Å². The van der Waals surface area contributed by atoms with Crippen LogP contribution in [0.25, 0.3) is 0 Å². The molecule has 2 heterocycles. The molecule has 2 nitrogen and oxygen atoms in total. The number of rotatable bonds is 2. The van der Waals surface area contributed by atoms with Gasteiger partial charge in [-0.05, 0) is 49.7 Å². The largest absolute Gasteiger partial charge is 0.375 e. The lowest BCUT2D eigenvalue weighted by atomic mass is 9.79. The van der Waals surface area contributed by atoms with Gasteiger partial charge in [0.25, 0.3) is 0 Å². The SMILES string of the molecule is C=C(C)C(=O)C1CCOC2(CCSCC2)C1. The van der Waals surface area contributed by atoms with E-state index < -0.39 is 0 Å². The van der Waals surface area contributed by atoms with Crippen molar-refractivity contribution in [2.45, 2.75) is 38.2 Å². The van der Waals surface area contributed by atoms with Gasteiger partial charge in [0, 0.05) is 12.5 Å². The van der Waals surface area contributed by atoms with E-state index in [1.807, 2.05) is 18.7 Å². The van der Waals surface area contributed by atoms with E-state index in [1.54, 1.807) is 0 Å². The van der Waals surface area contributed by atoms with Crippen LogP contribution in [0.5, 0.6) is 0 Å². The van der Waals surface area contributed by atoms with Gasteiger partial charge in [0.15, 0.2) is 5.78 Å². The van der Waals surface area contributed by atoms with E-state index in [1.165, 1.54) is 11.5 Å². The minimum atomic E-state index is 0.0132. The van der Waals surface area contributed by atoms with E-state index in [-0.39, 0.29) is 17.3 Å². The number of ketones is 1. The van der Waals surface area contributed by atoms with Crippen molar-refractivity contribution in [2.75, 3.05) is 18.1 Å². The number of hydrogen-bond acceptors (Lipinski definition) is 3. The fraction of sp³-hybridized carbons (Fsp3) is 0.769. The molecule has 0 amide bonds. The Morgan fingerprint density at radius 1 is 1.44 bits per heavy atom. The van der Waals surface area contributed by atoms with Crippen molar-refractivity contribution >= 4 is 17.5 Å². The van der Waals surface area contributed by atoms with Crippen LogP contribution in [0.15, 0.2) is 12.2 Å². The number of hydrogen-bond donors (Lipinski definition) is 0. The van der Waals surface area contributed by atoms with Gasteiger partial charge < -0.3 is 4.74 Å². The van der Waals surface area contributed by atoms with Gasteiger partial charge in [-0.1, -0.05) is 6.58 Å². The van der Waals surface area contributed by atoms with Gasteiger partial charge in [-0.25, -0.2) is 0 Å². The normalized spacial score (nSPS) is 28.9. The van der Waals surface area contributed by atoms with Crippen LogP contribution in [-0.4, -0.2) is 29.5 Å². The maximum Gasteiger partial charge on any atom is 0.161 e. The van der Waals surface area contributed by atoms with Gasteiger partial charge in [0.05, 0.1) is 5.60 Å². The molecule has 3 heteroatoms. The Morgan fingerprint density at radius 3 is 2.75 bits per heavy atom. The molecule has 2 saturated heterocycles. The minimum absolute atomic E-state index is 0.0132. The molecule has 2 rings (SSSR count). The van der Waals surface area contributed by atoms with Crippen molar-refractivity contribution in [2.24, 2.45) is 5.92 Å². The van der Waals surface area contributed by atoms with Crippen molar-refractivity contribution in [3.05, 3.63) is 12.2 Å². The molecule has 0 bridgehead atoms. The van der Waals surface area contributed by atoms with Crippen LogP contribution in [0.2, 0.25) is 0 Å². The number of carbonyl (C=O) groups excluding carboxylic acids is 1. The smallest absolute Gasteiger partial charge is 0.161 e. The standard InChI is InChI=1S/C13H20O2S/c1-10(2)12(14)11-3-6-15-13(9-11)4-7-16-8-5-13/h11H,1,3-9H2,2H3. The molecule has 0 radical (unpaired) electrons. The topological polar surface area (TPSA) is 26.3 Å². The molecule has 1 atom stereocenters. The first-order chi connectivity index (χ1) is 7.63. The van der Waals surface area contributed by atoms with Crippen molar-refractivity contribution in [3.8, 4) is 0 Å². The summed E-state index contributed by atoms with van der Waals surface area (Å²) < 4.78 is 5.97. The van der Waals surface area contributed by atoms with Crippen LogP contribution in [0.3, 0.4) is 0 Å². The fourth-order valence-electron chi connectivity index (χ4n) is 2.69. The van der Waals surface area contributed by atoms with Crippen molar-refractivity contribution < 1.29 is 9.53 Å². The van der Waals surface area contributed by atoms with Crippen molar-refractivity contribution in [3.63, 3.8) is 0 Å². The van der Waals surface area contributed by atoms with Crippen LogP contribution < -0.4 is 0 Å². The molecular weight excluding hydrogens is 220 g/mol. The first-order valence-electron chi connectivity index (χ1n) is 6.04. The second-order valence-electron chi connectivity index (χ2n) is 4.98. The lowest BCUT2D eigenvalue weighted by Crippen LogP contribution is -2.44. The summed E-state index contributed by atoms with van der Waals surface area (Å²) in [7, 11) is 0. The zero-order valence-corrected chi connectivity index (χ0v) is 10.8. The predicted octanol–water partition coefficient (Wildman–Crippen LogP) is 2.82. The third-order valence-electron chi connectivity index (χ3n) is 3.69. The van der Waals surface area contributed by atoms with E-state index in [2.05, 4.69) is 6.58 Å². The molecule has 90 valence electrons. The molecule has 0 aromatic carbocycles. The fourth-order valence-corrected chi connectivity index (χ4v) is 3.93. The quantitative estimate of drug-likeness (QED) is 0.694. The van der Waals surface area contributed by atoms with Gasteiger partial charge in [-0.15, -0.1) is 0 Å². The van der Waals surface area contributed by atoms with Crippen LogP contribution in [0.1, 0.15) is 32.6 Å². The Morgan fingerprint density at radius 2 is 2.12 bits per heavy atom. The molecule has 0 aromatic rings. The van der Waals surface area contributed by atoms with Gasteiger partial charge in [0.1, 0.15) is 0 Å². The van der Waals surface area contributed by atoms with E-state index in [9.17, 15) is 4.79 Å². The van der Waals surface area contributed by atoms with Gasteiger partial charge in [0.2, 0.25) is 0 Å². The molecule has 2 aliphatic heterocycles. The monoisotopic (exact) mass is 240 g/mol. The summed E-state index contributed by atoms with van der Waals surface area (Å²) in [5, 5.41) is 0. The average Bonchev–Trinajstić information content (AvgIpc) is 2.29. The Hall–Kier alpha value is -0.280. The number of Topliss-reactive ketones (excluding diaryl/α,β-unsaturated/α-hetero) is 1. The first-order valence-corrected chi connectivity index (χ1v) is 7.20. The summed E-state index contributed by atoms with van der Waals surface area (Å²) >= 11 is 2.00. The Bertz CT molecular complexity index is 287. The molecule has 0 aliphatic carbocycles. The van der Waals surface area contributed by atoms with Gasteiger partial charge in [-0.2, -0.15) is 11.8 Å². The van der Waals surface area contributed by atoms with Crippen molar-refractivity contribution in [1.82, 2.24) is 0 Å². The molecule has 2 aliphatic rings. The Balaban J connectivity index is 2.03. The number of ether oxygens (including phenoxy) is 1. The molecule has 0 aromatic heterocycles. The maximum absolute atomic E-state index is 12.0. The van der Waals surface area contributed by atoms with E-state index >= 15 is 0 Å². The molecule has 16 heavy (non-hydrogen) atoms. The third-order valence-corrected chi connectivity index (χ3v) is 4.67. The second-order valence-corrected chi connectivity index (χ2v) is 6.20. The summed E-state index contributed by atoms with van der Waals surface area (Å²) in [4.78, 5) is 12.0. The average molecular weight is 240 g/mol. The summed E-state index contributed by atoms with van der Waals surface area (Å²) in [5.41, 5.74) is 0.714. The lowest BCUT2D eigenvalue weighted by molar-refractivity contribution is -0.135. The molecule has 0 N–H and O–H groups in total. The summed E-state index contributed by atoms with van der Waals surface area (Å²) in [6.07, 6.45) is 4.01. The zero-order chi connectivity index (χ0) is 11.6. The van der Waals surface area contributed by atoms with Crippen LogP contribution in [-0.2, 0) is 9.53 Å². The van der Waals surface area contributed by atoms with Crippen LogP contribution >= 0.6 is 11.8 Å². The van der Waals surface area contributed by atoms with E-state index in [0.29, 0.717) is 5.57 Å². The molecular formula is C13H20O2S. The highest BCUT2D eigenvalue weighted by Crippen LogP contribution is 2.40. The second kappa shape index (κ2) is 4.92. The summed E-state index contributed by atoms with van der Waals surface area (Å²) in [6, 6.07) is 0. The van der Waals surface area contributed by atoms with E-state index in [4.69, 9.17) is 4.74 Å². The Kier molecular flexibility index (Phi) is 3.75. The number of allylic oxidation sites excluding steroid dienone is 1. The molecule has 0 saturated carbocycles. The van der Waals surface area contributed by atoms with Gasteiger partial charge >= 0.3 is 0 Å². The molecule has 1 spiro atoms. The molecule has 2 fully saturated rings.